The van der Waals surface area contributed by atoms with Gasteiger partial charge < -0.3 is 10.6 Å². The van der Waals surface area contributed by atoms with Crippen molar-refractivity contribution in [1.29, 1.82) is 0 Å². The summed E-state index contributed by atoms with van der Waals surface area (Å²) in [5.74, 6) is 1.28. The third kappa shape index (κ3) is 4.01. The smallest absolute Gasteiger partial charge is 0.147 e. The Labute approximate surface area is 158 Å². The number of halogens is 1. The second-order valence-electron chi connectivity index (χ2n) is 6.52. The molecule has 1 aliphatic rings. The average Bonchev–Trinajstić information content (AvgIpc) is 2.66. The van der Waals surface area contributed by atoms with E-state index in [0.717, 1.165) is 28.8 Å². The molecule has 0 amide bonds. The fourth-order valence-electron chi connectivity index (χ4n) is 3.33. The molecule has 0 saturated carbocycles. The highest BCUT2D eigenvalue weighted by Gasteiger charge is 2.31. The first-order chi connectivity index (χ1) is 12.1. The summed E-state index contributed by atoms with van der Waals surface area (Å²) in [6.07, 6.45) is 10.3. The molecule has 0 radical (unpaired) electrons. The Morgan fingerprint density at radius 2 is 1.88 bits per heavy atom. The van der Waals surface area contributed by atoms with Crippen LogP contribution in [0, 0.1) is 5.41 Å². The molecule has 134 valence electrons. The standard InChI is InChI=1S/C18H24ClN5S/c1-3-18(4-2)6-9-24(10-7-18)14-11-23-15(12-22-14)25-13-5-8-21-17(20)16(13)19/h5,8,11-12H,3-4,6-7,9-10H2,1-2H3,(H2,20,21). The van der Waals surface area contributed by atoms with Crippen LogP contribution in [0.15, 0.2) is 34.6 Å². The molecule has 5 nitrogen and oxygen atoms in total. The molecule has 2 aromatic heterocycles. The van der Waals surface area contributed by atoms with Crippen molar-refractivity contribution in [3.8, 4) is 0 Å². The Bertz CT molecular complexity index is 708. The number of aromatic nitrogens is 3. The fourth-order valence-corrected chi connectivity index (χ4v) is 4.31. The summed E-state index contributed by atoms with van der Waals surface area (Å²) < 4.78 is 0. The van der Waals surface area contributed by atoms with E-state index in [1.165, 1.54) is 37.4 Å². The van der Waals surface area contributed by atoms with E-state index in [4.69, 9.17) is 17.3 Å². The van der Waals surface area contributed by atoms with Crippen LogP contribution in [-0.2, 0) is 0 Å². The number of pyridine rings is 1. The fraction of sp³-hybridized carbons (Fsp3) is 0.500. The maximum absolute atomic E-state index is 6.19. The normalized spacial score (nSPS) is 16.8. The number of hydrogen-bond donors (Lipinski definition) is 1. The van der Waals surface area contributed by atoms with Gasteiger partial charge in [0.2, 0.25) is 0 Å². The predicted molar refractivity (Wildman–Crippen MR) is 104 cm³/mol. The maximum atomic E-state index is 6.19. The highest BCUT2D eigenvalue weighted by Crippen LogP contribution is 2.39. The van der Waals surface area contributed by atoms with Gasteiger partial charge in [0, 0.05) is 24.2 Å². The molecule has 1 saturated heterocycles. The zero-order valence-electron chi connectivity index (χ0n) is 14.7. The molecule has 0 spiro atoms. The molecule has 2 N–H and O–H groups in total. The van der Waals surface area contributed by atoms with Crippen LogP contribution in [0.1, 0.15) is 39.5 Å². The molecule has 7 heteroatoms. The molecule has 1 fully saturated rings. The highest BCUT2D eigenvalue weighted by molar-refractivity contribution is 7.99. The third-order valence-corrected chi connectivity index (χ3v) is 6.85. The van der Waals surface area contributed by atoms with Crippen LogP contribution in [0.3, 0.4) is 0 Å². The van der Waals surface area contributed by atoms with Crippen molar-refractivity contribution in [2.24, 2.45) is 5.41 Å². The summed E-state index contributed by atoms with van der Waals surface area (Å²) in [7, 11) is 0. The van der Waals surface area contributed by atoms with Gasteiger partial charge in [-0.1, -0.05) is 50.1 Å². The first kappa shape index (κ1) is 18.3. The van der Waals surface area contributed by atoms with E-state index in [9.17, 15) is 0 Å². The number of rotatable bonds is 5. The minimum atomic E-state index is 0.333. The number of nitrogens with zero attached hydrogens (tertiary/aromatic N) is 4. The highest BCUT2D eigenvalue weighted by atomic mass is 35.5. The number of hydrogen-bond acceptors (Lipinski definition) is 6. The van der Waals surface area contributed by atoms with Crippen molar-refractivity contribution in [3.63, 3.8) is 0 Å². The summed E-state index contributed by atoms with van der Waals surface area (Å²) in [6, 6.07) is 1.83. The summed E-state index contributed by atoms with van der Waals surface area (Å²) >= 11 is 7.63. The van der Waals surface area contributed by atoms with Crippen LogP contribution in [0.25, 0.3) is 0 Å². The van der Waals surface area contributed by atoms with Gasteiger partial charge in [-0.2, -0.15) is 0 Å². The van der Waals surface area contributed by atoms with Crippen molar-refractivity contribution >= 4 is 35.0 Å². The number of piperidine rings is 1. The lowest BCUT2D eigenvalue weighted by atomic mass is 9.74. The van der Waals surface area contributed by atoms with Crippen molar-refractivity contribution in [2.75, 3.05) is 23.7 Å². The number of anilines is 2. The third-order valence-electron chi connectivity index (χ3n) is 5.36. The lowest BCUT2D eigenvalue weighted by molar-refractivity contribution is 0.199. The molecule has 0 aliphatic carbocycles. The Balaban J connectivity index is 1.66. The van der Waals surface area contributed by atoms with Crippen molar-refractivity contribution in [1.82, 2.24) is 15.0 Å². The van der Waals surface area contributed by atoms with E-state index in [1.807, 2.05) is 12.3 Å². The first-order valence-electron chi connectivity index (χ1n) is 8.72. The number of nitrogen functional groups attached to an aromatic ring is 1. The molecular weight excluding hydrogens is 354 g/mol. The van der Waals surface area contributed by atoms with E-state index < -0.39 is 0 Å². The monoisotopic (exact) mass is 377 g/mol. The lowest BCUT2D eigenvalue weighted by Crippen LogP contribution is -2.40. The quantitative estimate of drug-likeness (QED) is 0.816. The van der Waals surface area contributed by atoms with Gasteiger partial charge in [-0.05, 0) is 24.3 Å². The first-order valence-corrected chi connectivity index (χ1v) is 9.91. The van der Waals surface area contributed by atoms with E-state index in [-0.39, 0.29) is 0 Å². The van der Waals surface area contributed by atoms with E-state index in [0.29, 0.717) is 16.3 Å². The lowest BCUT2D eigenvalue weighted by Gasteiger charge is -2.41. The Morgan fingerprint density at radius 1 is 1.16 bits per heavy atom. The largest absolute Gasteiger partial charge is 0.382 e. The SMILES string of the molecule is CCC1(CC)CCN(c2cnc(Sc3ccnc(N)c3Cl)cn2)CC1. The van der Waals surface area contributed by atoms with Gasteiger partial charge in [0.25, 0.3) is 0 Å². The van der Waals surface area contributed by atoms with Crippen LogP contribution < -0.4 is 10.6 Å². The molecule has 0 bridgehead atoms. The Morgan fingerprint density at radius 3 is 2.48 bits per heavy atom. The van der Waals surface area contributed by atoms with Gasteiger partial charge in [-0.15, -0.1) is 0 Å². The van der Waals surface area contributed by atoms with E-state index >= 15 is 0 Å². The topological polar surface area (TPSA) is 67.9 Å². The molecule has 1 aliphatic heterocycles. The molecule has 0 aromatic carbocycles. The summed E-state index contributed by atoms with van der Waals surface area (Å²) in [5, 5.41) is 1.26. The van der Waals surface area contributed by atoms with Crippen molar-refractivity contribution in [2.45, 2.75) is 49.5 Å². The predicted octanol–water partition coefficient (Wildman–Crippen LogP) is 4.67. The summed E-state index contributed by atoms with van der Waals surface area (Å²) in [5.41, 5.74) is 6.25. The van der Waals surface area contributed by atoms with E-state index in [1.54, 1.807) is 12.4 Å². The average molecular weight is 378 g/mol. The Kier molecular flexibility index (Phi) is 5.69. The van der Waals surface area contributed by atoms with Crippen LogP contribution in [0.5, 0.6) is 0 Å². The molecule has 0 unspecified atom stereocenters. The van der Waals surface area contributed by atoms with Crippen LogP contribution >= 0.6 is 23.4 Å². The zero-order valence-corrected chi connectivity index (χ0v) is 16.3. The van der Waals surface area contributed by atoms with Gasteiger partial charge in [0.05, 0.1) is 17.4 Å². The number of nitrogens with two attached hydrogens (primary N) is 1. The van der Waals surface area contributed by atoms with Crippen LogP contribution in [0.2, 0.25) is 5.02 Å². The van der Waals surface area contributed by atoms with Crippen molar-refractivity contribution in [3.05, 3.63) is 29.7 Å². The van der Waals surface area contributed by atoms with Gasteiger partial charge in [-0.3, -0.25) is 0 Å². The van der Waals surface area contributed by atoms with Gasteiger partial charge in [0.15, 0.2) is 0 Å². The minimum absolute atomic E-state index is 0.333. The van der Waals surface area contributed by atoms with Crippen LogP contribution in [0.4, 0.5) is 11.6 Å². The van der Waals surface area contributed by atoms with Gasteiger partial charge >= 0.3 is 0 Å². The van der Waals surface area contributed by atoms with E-state index in [2.05, 4.69) is 33.7 Å². The molecule has 0 atom stereocenters. The Hall–Kier alpha value is -1.53. The molecule has 3 heterocycles. The zero-order chi connectivity index (χ0) is 17.9. The van der Waals surface area contributed by atoms with Crippen LogP contribution in [-0.4, -0.2) is 28.0 Å². The minimum Gasteiger partial charge on any atom is -0.382 e. The summed E-state index contributed by atoms with van der Waals surface area (Å²) in [4.78, 5) is 16.3. The van der Waals surface area contributed by atoms with Gasteiger partial charge in [-0.25, -0.2) is 15.0 Å². The van der Waals surface area contributed by atoms with Gasteiger partial charge in [0.1, 0.15) is 16.7 Å². The molecule has 3 rings (SSSR count). The molecule has 2 aromatic rings. The molecule has 25 heavy (non-hydrogen) atoms. The molecular formula is C18H24ClN5S. The second kappa shape index (κ2) is 7.79. The summed E-state index contributed by atoms with van der Waals surface area (Å²) in [6.45, 7) is 6.72. The second-order valence-corrected chi connectivity index (χ2v) is 7.96. The maximum Gasteiger partial charge on any atom is 0.147 e. The van der Waals surface area contributed by atoms with Crippen molar-refractivity contribution < 1.29 is 0 Å².